The van der Waals surface area contributed by atoms with Crippen LogP contribution in [0, 0.1) is 6.92 Å². The van der Waals surface area contributed by atoms with E-state index in [1.54, 1.807) is 0 Å². The first-order chi connectivity index (χ1) is 12.8. The minimum atomic E-state index is 0.703. The van der Waals surface area contributed by atoms with E-state index in [0.29, 0.717) is 5.95 Å². The van der Waals surface area contributed by atoms with Crippen molar-refractivity contribution in [3.8, 4) is 5.69 Å². The van der Waals surface area contributed by atoms with E-state index < -0.39 is 0 Å². The normalized spacial score (nSPS) is 11.3. The predicted molar refractivity (Wildman–Crippen MR) is 104 cm³/mol. The summed E-state index contributed by atoms with van der Waals surface area (Å²) >= 11 is 0. The topological polar surface area (TPSA) is 47.2 Å². The van der Waals surface area contributed by atoms with Gasteiger partial charge in [-0.1, -0.05) is 48.0 Å². The number of rotatable bonds is 3. The van der Waals surface area contributed by atoms with Crippen molar-refractivity contribution >= 4 is 28.4 Å². The SMILES string of the molecule is Cc1ccc(Nc2nnc3n(-c4ccccc4)c4ccccc4n23)cc1. The zero-order valence-electron chi connectivity index (χ0n) is 14.3. The molecule has 0 bridgehead atoms. The van der Waals surface area contributed by atoms with Gasteiger partial charge in [0.25, 0.3) is 0 Å². The maximum Gasteiger partial charge on any atom is 0.242 e. The smallest absolute Gasteiger partial charge is 0.242 e. The van der Waals surface area contributed by atoms with Gasteiger partial charge in [0.05, 0.1) is 11.0 Å². The fourth-order valence-corrected chi connectivity index (χ4v) is 3.27. The molecule has 2 heterocycles. The van der Waals surface area contributed by atoms with E-state index in [0.717, 1.165) is 28.2 Å². The molecule has 0 radical (unpaired) electrons. The number of benzene rings is 3. The molecule has 126 valence electrons. The van der Waals surface area contributed by atoms with Crippen LogP contribution < -0.4 is 5.32 Å². The molecule has 3 aromatic carbocycles. The van der Waals surface area contributed by atoms with Gasteiger partial charge in [0.1, 0.15) is 0 Å². The molecule has 2 aromatic heterocycles. The Kier molecular flexibility index (Phi) is 3.25. The molecule has 0 fully saturated rings. The summed E-state index contributed by atoms with van der Waals surface area (Å²) in [5.74, 6) is 1.49. The first kappa shape index (κ1) is 14.7. The Balaban J connectivity index is 1.74. The van der Waals surface area contributed by atoms with Crippen molar-refractivity contribution in [3.63, 3.8) is 0 Å². The van der Waals surface area contributed by atoms with E-state index >= 15 is 0 Å². The van der Waals surface area contributed by atoms with Gasteiger partial charge in [0, 0.05) is 11.4 Å². The van der Waals surface area contributed by atoms with Crippen LogP contribution in [-0.2, 0) is 0 Å². The number of nitrogens with zero attached hydrogens (tertiary/aromatic N) is 4. The van der Waals surface area contributed by atoms with Gasteiger partial charge in [-0.25, -0.2) is 4.40 Å². The predicted octanol–water partition coefficient (Wildman–Crippen LogP) is 4.73. The van der Waals surface area contributed by atoms with E-state index in [2.05, 4.69) is 67.8 Å². The van der Waals surface area contributed by atoms with E-state index in [1.807, 2.05) is 42.5 Å². The van der Waals surface area contributed by atoms with Gasteiger partial charge in [0.2, 0.25) is 11.7 Å². The maximum atomic E-state index is 4.46. The molecule has 0 amide bonds. The van der Waals surface area contributed by atoms with Gasteiger partial charge < -0.3 is 5.32 Å². The van der Waals surface area contributed by atoms with Gasteiger partial charge in [-0.3, -0.25) is 4.57 Å². The van der Waals surface area contributed by atoms with Gasteiger partial charge in [-0.05, 0) is 43.3 Å². The molecule has 0 aliphatic carbocycles. The lowest BCUT2D eigenvalue weighted by molar-refractivity contribution is 1.05. The van der Waals surface area contributed by atoms with Crippen LogP contribution in [0.15, 0.2) is 78.9 Å². The number of anilines is 2. The minimum absolute atomic E-state index is 0.703. The fourth-order valence-electron chi connectivity index (χ4n) is 3.27. The molecule has 5 nitrogen and oxygen atoms in total. The molecule has 5 heteroatoms. The quantitative estimate of drug-likeness (QED) is 0.517. The van der Waals surface area contributed by atoms with Crippen molar-refractivity contribution in [1.82, 2.24) is 19.2 Å². The maximum absolute atomic E-state index is 4.46. The number of imidazole rings is 1. The van der Waals surface area contributed by atoms with Gasteiger partial charge in [0.15, 0.2) is 0 Å². The molecule has 0 aliphatic heterocycles. The van der Waals surface area contributed by atoms with Crippen LogP contribution in [0.2, 0.25) is 0 Å². The second-order valence-corrected chi connectivity index (χ2v) is 6.31. The summed E-state index contributed by atoms with van der Waals surface area (Å²) in [6, 6.07) is 26.8. The van der Waals surface area contributed by atoms with E-state index in [-0.39, 0.29) is 0 Å². The lowest BCUT2D eigenvalue weighted by atomic mass is 10.2. The Morgan fingerprint density at radius 3 is 2.19 bits per heavy atom. The van der Waals surface area contributed by atoms with Gasteiger partial charge in [-0.15, -0.1) is 10.2 Å². The van der Waals surface area contributed by atoms with Gasteiger partial charge in [-0.2, -0.15) is 0 Å². The Morgan fingerprint density at radius 2 is 1.42 bits per heavy atom. The molecule has 5 rings (SSSR count). The monoisotopic (exact) mass is 339 g/mol. The molecule has 1 N–H and O–H groups in total. The molecule has 26 heavy (non-hydrogen) atoms. The summed E-state index contributed by atoms with van der Waals surface area (Å²) in [4.78, 5) is 0. The lowest BCUT2D eigenvalue weighted by Crippen LogP contribution is -1.96. The number of aryl methyl sites for hydroxylation is 1. The van der Waals surface area contributed by atoms with Crippen LogP contribution >= 0.6 is 0 Å². The number of hydrogen-bond donors (Lipinski definition) is 1. The summed E-state index contributed by atoms with van der Waals surface area (Å²) < 4.78 is 4.19. The average Bonchev–Trinajstić information content (AvgIpc) is 3.23. The summed E-state index contributed by atoms with van der Waals surface area (Å²) in [5.41, 5.74) is 5.43. The van der Waals surface area contributed by atoms with Crippen LogP contribution in [0.5, 0.6) is 0 Å². The first-order valence-electron chi connectivity index (χ1n) is 8.55. The van der Waals surface area contributed by atoms with Crippen LogP contribution in [-0.4, -0.2) is 19.2 Å². The second-order valence-electron chi connectivity index (χ2n) is 6.31. The highest BCUT2D eigenvalue weighted by atomic mass is 15.4. The van der Waals surface area contributed by atoms with Crippen molar-refractivity contribution in [2.24, 2.45) is 0 Å². The lowest BCUT2D eigenvalue weighted by Gasteiger charge is -2.04. The summed E-state index contributed by atoms with van der Waals surface area (Å²) in [6.45, 7) is 2.08. The summed E-state index contributed by atoms with van der Waals surface area (Å²) in [6.07, 6.45) is 0. The molecule has 0 spiro atoms. The van der Waals surface area contributed by atoms with E-state index in [9.17, 15) is 0 Å². The number of nitrogens with one attached hydrogen (secondary N) is 1. The van der Waals surface area contributed by atoms with Crippen molar-refractivity contribution in [3.05, 3.63) is 84.4 Å². The summed E-state index contributed by atoms with van der Waals surface area (Å²) in [5, 5.41) is 12.2. The molecule has 0 atom stereocenters. The first-order valence-corrected chi connectivity index (χ1v) is 8.55. The van der Waals surface area contributed by atoms with Crippen molar-refractivity contribution in [2.75, 3.05) is 5.32 Å². The third-order valence-corrected chi connectivity index (χ3v) is 4.53. The zero-order chi connectivity index (χ0) is 17.5. The standard InChI is InChI=1S/C21H17N5/c1-15-11-13-16(14-12-15)22-20-23-24-21-25(17-7-3-2-4-8-17)18-9-5-6-10-19(18)26(20)21/h2-14H,1H3,(H,22,23). The molecule has 0 saturated heterocycles. The molecular weight excluding hydrogens is 322 g/mol. The highest BCUT2D eigenvalue weighted by Crippen LogP contribution is 2.27. The van der Waals surface area contributed by atoms with Crippen LogP contribution in [0.1, 0.15) is 5.56 Å². The number of fused-ring (bicyclic) bond motifs is 3. The molecule has 0 saturated carbocycles. The minimum Gasteiger partial charge on any atom is -0.324 e. The number of para-hydroxylation sites is 3. The van der Waals surface area contributed by atoms with Crippen molar-refractivity contribution < 1.29 is 0 Å². The zero-order valence-corrected chi connectivity index (χ0v) is 14.3. The van der Waals surface area contributed by atoms with Crippen LogP contribution in [0.3, 0.4) is 0 Å². The number of hydrogen-bond acceptors (Lipinski definition) is 3. The number of aromatic nitrogens is 4. The average molecular weight is 339 g/mol. The van der Waals surface area contributed by atoms with Crippen LogP contribution in [0.4, 0.5) is 11.6 Å². The largest absolute Gasteiger partial charge is 0.324 e. The second kappa shape index (κ2) is 5.74. The molecule has 5 aromatic rings. The Bertz CT molecular complexity index is 1200. The third-order valence-electron chi connectivity index (χ3n) is 4.53. The van der Waals surface area contributed by atoms with Crippen LogP contribution in [0.25, 0.3) is 22.5 Å². The molecular formula is C21H17N5. The fraction of sp³-hybridized carbons (Fsp3) is 0.0476. The third kappa shape index (κ3) is 2.25. The Morgan fingerprint density at radius 1 is 0.731 bits per heavy atom. The van der Waals surface area contributed by atoms with Crippen molar-refractivity contribution in [1.29, 1.82) is 0 Å². The molecule has 0 unspecified atom stereocenters. The summed E-state index contributed by atoms with van der Waals surface area (Å²) in [7, 11) is 0. The molecule has 0 aliphatic rings. The Labute approximate surface area is 150 Å². The highest BCUT2D eigenvalue weighted by Gasteiger charge is 2.17. The highest BCUT2D eigenvalue weighted by molar-refractivity contribution is 5.85. The van der Waals surface area contributed by atoms with E-state index in [4.69, 9.17) is 0 Å². The van der Waals surface area contributed by atoms with Gasteiger partial charge >= 0.3 is 0 Å². The van der Waals surface area contributed by atoms with E-state index in [1.165, 1.54) is 5.56 Å². The Hall–Kier alpha value is -3.60. The van der Waals surface area contributed by atoms with Crippen molar-refractivity contribution in [2.45, 2.75) is 6.92 Å².